The number of aryl methyl sites for hydroxylation is 1. The normalized spacial score (nSPS) is 16.8. The van der Waals surface area contributed by atoms with Crippen molar-refractivity contribution in [3.05, 3.63) is 53.3 Å². The van der Waals surface area contributed by atoms with E-state index in [1.54, 1.807) is 12.1 Å². The number of benzene rings is 1. The van der Waals surface area contributed by atoms with Crippen LogP contribution in [0.1, 0.15) is 29.8 Å². The number of hydrogen-bond acceptors (Lipinski definition) is 4. The maximum atomic E-state index is 9.45. The van der Waals surface area contributed by atoms with Gasteiger partial charge in [0, 0.05) is 24.4 Å². The number of hydrogen-bond donors (Lipinski definition) is 2. The monoisotopic (exact) mass is 270 g/mol. The van der Waals surface area contributed by atoms with Crippen molar-refractivity contribution in [3.8, 4) is 11.5 Å². The van der Waals surface area contributed by atoms with E-state index in [4.69, 9.17) is 4.74 Å². The van der Waals surface area contributed by atoms with Crippen molar-refractivity contribution in [1.82, 2.24) is 10.3 Å². The molecule has 0 aliphatic carbocycles. The van der Waals surface area contributed by atoms with E-state index in [-0.39, 0.29) is 11.8 Å². The molecule has 0 spiro atoms. The van der Waals surface area contributed by atoms with Crippen LogP contribution < -0.4 is 10.1 Å². The van der Waals surface area contributed by atoms with E-state index in [9.17, 15) is 5.11 Å². The first-order valence-electron chi connectivity index (χ1n) is 6.89. The Balaban J connectivity index is 1.72. The Labute approximate surface area is 118 Å². The lowest BCUT2D eigenvalue weighted by atomic mass is 10.1. The summed E-state index contributed by atoms with van der Waals surface area (Å²) in [5.74, 6) is 1.00. The number of aromatic hydroxyl groups is 1. The van der Waals surface area contributed by atoms with Gasteiger partial charge in [-0.15, -0.1) is 0 Å². The third kappa shape index (κ3) is 2.47. The topological polar surface area (TPSA) is 54.4 Å². The molecule has 3 rings (SSSR count). The number of aromatic nitrogens is 1. The van der Waals surface area contributed by atoms with Crippen LogP contribution in [0.25, 0.3) is 0 Å². The van der Waals surface area contributed by atoms with Crippen LogP contribution >= 0.6 is 0 Å². The number of phenolic OH excluding ortho intramolecular Hbond substituents is 1. The third-order valence-corrected chi connectivity index (χ3v) is 3.66. The molecule has 2 heterocycles. The molecule has 0 saturated heterocycles. The lowest BCUT2D eigenvalue weighted by Crippen LogP contribution is -2.23. The first-order valence-corrected chi connectivity index (χ1v) is 6.89. The number of pyridine rings is 1. The molecule has 0 bridgehead atoms. The molecule has 0 saturated carbocycles. The fraction of sp³-hybridized carbons (Fsp3) is 0.312. The summed E-state index contributed by atoms with van der Waals surface area (Å²) in [5, 5.41) is 12.9. The minimum absolute atomic E-state index is 0.150. The Bertz CT molecular complexity index is 613. The van der Waals surface area contributed by atoms with Crippen molar-refractivity contribution in [2.45, 2.75) is 25.9 Å². The smallest absolute Gasteiger partial charge is 0.127 e. The molecule has 1 aliphatic rings. The predicted octanol–water partition coefficient (Wildman–Crippen LogP) is 2.57. The van der Waals surface area contributed by atoms with Gasteiger partial charge in [-0.2, -0.15) is 0 Å². The summed E-state index contributed by atoms with van der Waals surface area (Å²) >= 11 is 0. The maximum Gasteiger partial charge on any atom is 0.127 e. The summed E-state index contributed by atoms with van der Waals surface area (Å²) in [6.45, 7) is 3.45. The van der Waals surface area contributed by atoms with Gasteiger partial charge in [-0.05, 0) is 30.2 Å². The predicted molar refractivity (Wildman–Crippen MR) is 76.8 cm³/mol. The van der Waals surface area contributed by atoms with Crippen LogP contribution in [-0.2, 0) is 13.0 Å². The van der Waals surface area contributed by atoms with Gasteiger partial charge in [0.1, 0.15) is 18.1 Å². The zero-order valence-electron chi connectivity index (χ0n) is 11.5. The molecule has 104 valence electrons. The second kappa shape index (κ2) is 5.51. The van der Waals surface area contributed by atoms with Crippen LogP contribution in [0.5, 0.6) is 11.5 Å². The Kier molecular flexibility index (Phi) is 3.56. The van der Waals surface area contributed by atoms with E-state index in [0.29, 0.717) is 6.61 Å². The molecule has 0 fully saturated rings. The SMILES string of the molecule is CCc1cccnc1CNC1COc2cc(O)ccc21. The van der Waals surface area contributed by atoms with Crippen LogP contribution in [0.4, 0.5) is 0 Å². The molecule has 2 N–H and O–H groups in total. The van der Waals surface area contributed by atoms with Gasteiger partial charge >= 0.3 is 0 Å². The maximum absolute atomic E-state index is 9.45. The van der Waals surface area contributed by atoms with E-state index in [1.807, 2.05) is 18.3 Å². The fourth-order valence-corrected chi connectivity index (χ4v) is 2.54. The summed E-state index contributed by atoms with van der Waals surface area (Å²) in [5.41, 5.74) is 3.45. The highest BCUT2D eigenvalue weighted by Gasteiger charge is 2.24. The van der Waals surface area contributed by atoms with Gasteiger partial charge in [0.05, 0.1) is 11.7 Å². The van der Waals surface area contributed by atoms with E-state index in [2.05, 4.69) is 23.3 Å². The van der Waals surface area contributed by atoms with Crippen molar-refractivity contribution in [3.63, 3.8) is 0 Å². The number of nitrogens with one attached hydrogen (secondary N) is 1. The van der Waals surface area contributed by atoms with Crippen molar-refractivity contribution in [1.29, 1.82) is 0 Å². The number of nitrogens with zero attached hydrogens (tertiary/aromatic N) is 1. The Morgan fingerprint density at radius 2 is 2.30 bits per heavy atom. The quantitative estimate of drug-likeness (QED) is 0.896. The summed E-state index contributed by atoms with van der Waals surface area (Å²) < 4.78 is 5.59. The second-order valence-corrected chi connectivity index (χ2v) is 4.93. The Morgan fingerprint density at radius 1 is 1.40 bits per heavy atom. The first kappa shape index (κ1) is 12.9. The van der Waals surface area contributed by atoms with E-state index >= 15 is 0 Å². The van der Waals surface area contributed by atoms with Crippen molar-refractivity contribution in [2.75, 3.05) is 6.61 Å². The Morgan fingerprint density at radius 3 is 3.15 bits per heavy atom. The standard InChI is InChI=1S/C16H18N2O2/c1-2-11-4-3-7-17-14(11)9-18-15-10-20-16-8-12(19)5-6-13(15)16/h3-8,15,18-19H,2,9-10H2,1H3. The highest BCUT2D eigenvalue weighted by molar-refractivity contribution is 5.44. The van der Waals surface area contributed by atoms with E-state index < -0.39 is 0 Å². The summed E-state index contributed by atoms with van der Waals surface area (Å²) in [6, 6.07) is 9.50. The number of phenols is 1. The molecule has 4 nitrogen and oxygen atoms in total. The van der Waals surface area contributed by atoms with Gasteiger partial charge in [0.25, 0.3) is 0 Å². The Hall–Kier alpha value is -2.07. The van der Waals surface area contributed by atoms with Crippen LogP contribution in [0.3, 0.4) is 0 Å². The molecule has 1 aromatic heterocycles. The van der Waals surface area contributed by atoms with Gasteiger partial charge < -0.3 is 15.2 Å². The molecule has 1 aliphatic heterocycles. The minimum atomic E-state index is 0.150. The van der Waals surface area contributed by atoms with E-state index in [0.717, 1.165) is 30.0 Å². The van der Waals surface area contributed by atoms with Gasteiger partial charge in [-0.1, -0.05) is 13.0 Å². The zero-order valence-corrected chi connectivity index (χ0v) is 11.5. The summed E-state index contributed by atoms with van der Waals surface area (Å²) in [4.78, 5) is 4.44. The molecule has 4 heteroatoms. The van der Waals surface area contributed by atoms with Gasteiger partial charge in [0.2, 0.25) is 0 Å². The molecule has 2 aromatic rings. The van der Waals surface area contributed by atoms with Crippen LogP contribution in [0, 0.1) is 0 Å². The molecule has 20 heavy (non-hydrogen) atoms. The van der Waals surface area contributed by atoms with Crippen molar-refractivity contribution < 1.29 is 9.84 Å². The lowest BCUT2D eigenvalue weighted by Gasteiger charge is -2.13. The summed E-state index contributed by atoms with van der Waals surface area (Å²) in [6.07, 6.45) is 2.81. The molecule has 1 aromatic carbocycles. The summed E-state index contributed by atoms with van der Waals surface area (Å²) in [7, 11) is 0. The highest BCUT2D eigenvalue weighted by atomic mass is 16.5. The first-order chi connectivity index (χ1) is 9.78. The van der Waals surface area contributed by atoms with Crippen molar-refractivity contribution >= 4 is 0 Å². The van der Waals surface area contributed by atoms with Gasteiger partial charge in [-0.25, -0.2) is 0 Å². The highest BCUT2D eigenvalue weighted by Crippen LogP contribution is 2.34. The van der Waals surface area contributed by atoms with Crippen LogP contribution in [0.15, 0.2) is 36.5 Å². The number of rotatable bonds is 4. The van der Waals surface area contributed by atoms with Crippen LogP contribution in [-0.4, -0.2) is 16.7 Å². The van der Waals surface area contributed by atoms with Crippen LogP contribution in [0.2, 0.25) is 0 Å². The van der Waals surface area contributed by atoms with Crippen molar-refractivity contribution in [2.24, 2.45) is 0 Å². The molecule has 1 unspecified atom stereocenters. The van der Waals surface area contributed by atoms with Gasteiger partial charge in [0.15, 0.2) is 0 Å². The largest absolute Gasteiger partial charge is 0.508 e. The number of fused-ring (bicyclic) bond motifs is 1. The minimum Gasteiger partial charge on any atom is -0.508 e. The molecular formula is C16H18N2O2. The number of ether oxygens (including phenoxy) is 1. The zero-order chi connectivity index (χ0) is 13.9. The second-order valence-electron chi connectivity index (χ2n) is 4.93. The molecule has 1 atom stereocenters. The molecule has 0 amide bonds. The molecular weight excluding hydrogens is 252 g/mol. The lowest BCUT2D eigenvalue weighted by molar-refractivity contribution is 0.309. The average molecular weight is 270 g/mol. The van der Waals surface area contributed by atoms with E-state index in [1.165, 1.54) is 5.56 Å². The van der Waals surface area contributed by atoms with Gasteiger partial charge in [-0.3, -0.25) is 4.98 Å². The average Bonchev–Trinajstić information content (AvgIpc) is 2.87. The fourth-order valence-electron chi connectivity index (χ4n) is 2.54. The molecule has 0 radical (unpaired) electrons. The third-order valence-electron chi connectivity index (χ3n) is 3.66.